The molecule has 7 nitrogen and oxygen atoms in total. The molecular formula is C21H24ClN3O4. The van der Waals surface area contributed by atoms with Crippen LogP contribution in [-0.2, 0) is 9.59 Å². The molecule has 0 aliphatic heterocycles. The normalized spacial score (nSPS) is 10.3. The number of ether oxygens (including phenoxy) is 1. The van der Waals surface area contributed by atoms with Crippen molar-refractivity contribution in [3.05, 3.63) is 59.1 Å². The zero-order chi connectivity index (χ0) is 21.2. The molecule has 154 valence electrons. The molecule has 0 heterocycles. The number of benzene rings is 2. The van der Waals surface area contributed by atoms with Gasteiger partial charge < -0.3 is 10.1 Å². The van der Waals surface area contributed by atoms with Crippen molar-refractivity contribution >= 4 is 35.0 Å². The number of para-hydroxylation sites is 1. The van der Waals surface area contributed by atoms with Crippen LogP contribution in [0.1, 0.15) is 37.0 Å². The molecule has 0 unspecified atom stereocenters. The van der Waals surface area contributed by atoms with Crippen LogP contribution in [0.5, 0.6) is 5.75 Å². The Bertz CT molecular complexity index is 871. The summed E-state index contributed by atoms with van der Waals surface area (Å²) in [7, 11) is 0. The molecule has 0 saturated carbocycles. The second-order valence-corrected chi connectivity index (χ2v) is 7.17. The Morgan fingerprint density at radius 2 is 1.69 bits per heavy atom. The summed E-state index contributed by atoms with van der Waals surface area (Å²) in [6.07, 6.45) is -0.139. The predicted molar refractivity (Wildman–Crippen MR) is 112 cm³/mol. The number of amides is 3. The van der Waals surface area contributed by atoms with Crippen molar-refractivity contribution in [1.29, 1.82) is 0 Å². The maximum Gasteiger partial charge on any atom is 0.269 e. The predicted octanol–water partition coefficient (Wildman–Crippen LogP) is 3.55. The number of halogens is 1. The van der Waals surface area contributed by atoms with Gasteiger partial charge in [0.05, 0.1) is 17.3 Å². The maximum absolute atomic E-state index is 12.2. The number of rotatable bonds is 8. The van der Waals surface area contributed by atoms with Crippen molar-refractivity contribution in [1.82, 2.24) is 10.9 Å². The van der Waals surface area contributed by atoms with Crippen LogP contribution in [0.2, 0.25) is 5.02 Å². The van der Waals surface area contributed by atoms with Crippen LogP contribution in [0, 0.1) is 5.92 Å². The lowest BCUT2D eigenvalue weighted by Crippen LogP contribution is -2.41. The molecule has 0 aromatic heterocycles. The van der Waals surface area contributed by atoms with E-state index in [1.807, 2.05) is 13.8 Å². The molecule has 0 radical (unpaired) electrons. The molecular weight excluding hydrogens is 394 g/mol. The van der Waals surface area contributed by atoms with Crippen LogP contribution < -0.4 is 20.9 Å². The van der Waals surface area contributed by atoms with E-state index >= 15 is 0 Å². The van der Waals surface area contributed by atoms with Crippen LogP contribution in [0.3, 0.4) is 0 Å². The van der Waals surface area contributed by atoms with Gasteiger partial charge in [-0.15, -0.1) is 0 Å². The van der Waals surface area contributed by atoms with Crippen molar-refractivity contribution in [2.75, 3.05) is 11.9 Å². The summed E-state index contributed by atoms with van der Waals surface area (Å²) in [5.74, 6) is -0.376. The third-order valence-corrected chi connectivity index (χ3v) is 4.05. The minimum atomic E-state index is -0.486. The summed E-state index contributed by atoms with van der Waals surface area (Å²) in [5, 5.41) is 3.04. The number of carbonyl (C=O) groups excluding carboxylic acids is 3. The van der Waals surface area contributed by atoms with Gasteiger partial charge >= 0.3 is 0 Å². The van der Waals surface area contributed by atoms with Crippen molar-refractivity contribution in [3.8, 4) is 5.75 Å². The van der Waals surface area contributed by atoms with Gasteiger partial charge in [0.15, 0.2) is 0 Å². The first kappa shape index (κ1) is 22.2. The number of anilines is 1. The molecule has 2 aromatic carbocycles. The van der Waals surface area contributed by atoms with Gasteiger partial charge in [-0.25, -0.2) is 0 Å². The van der Waals surface area contributed by atoms with Gasteiger partial charge in [-0.1, -0.05) is 43.6 Å². The molecule has 0 bridgehead atoms. The fourth-order valence-corrected chi connectivity index (χ4v) is 2.44. The fourth-order valence-electron chi connectivity index (χ4n) is 2.25. The Kier molecular flexibility index (Phi) is 8.48. The first-order chi connectivity index (χ1) is 13.8. The van der Waals surface area contributed by atoms with Crippen molar-refractivity contribution in [2.45, 2.75) is 26.7 Å². The standard InChI is InChI=1S/C21H24ClN3O4/c1-14(2)13-29-16-7-5-6-15(12-16)21(28)25-24-20(27)11-10-19(26)23-18-9-4-3-8-17(18)22/h3-9,12,14H,10-11,13H2,1-2H3,(H,23,26)(H,24,27)(H,25,28). The monoisotopic (exact) mass is 417 g/mol. The summed E-state index contributed by atoms with van der Waals surface area (Å²) in [4.78, 5) is 36.0. The van der Waals surface area contributed by atoms with Gasteiger partial charge in [-0.3, -0.25) is 25.2 Å². The highest BCUT2D eigenvalue weighted by Crippen LogP contribution is 2.20. The largest absolute Gasteiger partial charge is 0.493 e. The second kappa shape index (κ2) is 11.1. The van der Waals surface area contributed by atoms with E-state index in [4.69, 9.17) is 16.3 Å². The van der Waals surface area contributed by atoms with E-state index < -0.39 is 11.8 Å². The molecule has 0 aliphatic rings. The minimum absolute atomic E-state index is 0.0501. The molecule has 29 heavy (non-hydrogen) atoms. The third kappa shape index (κ3) is 7.83. The van der Waals surface area contributed by atoms with Gasteiger partial charge in [-0.2, -0.15) is 0 Å². The smallest absolute Gasteiger partial charge is 0.269 e. The molecule has 3 N–H and O–H groups in total. The molecule has 0 aliphatic carbocycles. The number of hydrogen-bond donors (Lipinski definition) is 3. The Morgan fingerprint density at radius 1 is 0.966 bits per heavy atom. The first-order valence-corrected chi connectivity index (χ1v) is 9.59. The summed E-state index contributed by atoms with van der Waals surface area (Å²) < 4.78 is 5.58. The molecule has 2 aromatic rings. The summed E-state index contributed by atoms with van der Waals surface area (Å²) >= 11 is 5.97. The number of hydrazine groups is 1. The highest BCUT2D eigenvalue weighted by Gasteiger charge is 2.11. The lowest BCUT2D eigenvalue weighted by molar-refractivity contribution is -0.124. The van der Waals surface area contributed by atoms with Gasteiger partial charge in [0.1, 0.15) is 5.75 Å². The SMILES string of the molecule is CC(C)COc1cccc(C(=O)NNC(=O)CCC(=O)Nc2ccccc2Cl)c1. The zero-order valence-electron chi connectivity index (χ0n) is 16.3. The van der Waals surface area contributed by atoms with E-state index in [0.29, 0.717) is 34.5 Å². The first-order valence-electron chi connectivity index (χ1n) is 9.21. The van der Waals surface area contributed by atoms with E-state index in [1.165, 1.54) is 0 Å². The van der Waals surface area contributed by atoms with E-state index in [0.717, 1.165) is 0 Å². The lowest BCUT2D eigenvalue weighted by Gasteiger charge is -2.11. The van der Waals surface area contributed by atoms with Crippen molar-refractivity contribution in [3.63, 3.8) is 0 Å². The second-order valence-electron chi connectivity index (χ2n) is 6.76. The Hall–Kier alpha value is -3.06. The van der Waals surface area contributed by atoms with E-state index in [2.05, 4.69) is 16.2 Å². The van der Waals surface area contributed by atoms with Crippen LogP contribution in [-0.4, -0.2) is 24.3 Å². The van der Waals surface area contributed by atoms with Crippen molar-refractivity contribution in [2.24, 2.45) is 5.92 Å². The van der Waals surface area contributed by atoms with E-state index in [1.54, 1.807) is 48.5 Å². The minimum Gasteiger partial charge on any atom is -0.493 e. The highest BCUT2D eigenvalue weighted by atomic mass is 35.5. The number of hydrogen-bond acceptors (Lipinski definition) is 4. The quantitative estimate of drug-likeness (QED) is 0.572. The van der Waals surface area contributed by atoms with Crippen LogP contribution >= 0.6 is 11.6 Å². The van der Waals surface area contributed by atoms with Gasteiger partial charge in [0, 0.05) is 18.4 Å². The van der Waals surface area contributed by atoms with Crippen LogP contribution in [0.25, 0.3) is 0 Å². The van der Waals surface area contributed by atoms with Crippen LogP contribution in [0.15, 0.2) is 48.5 Å². The average Bonchev–Trinajstić information content (AvgIpc) is 2.71. The van der Waals surface area contributed by atoms with E-state index in [9.17, 15) is 14.4 Å². The summed E-state index contributed by atoms with van der Waals surface area (Å²) in [6.45, 7) is 4.60. The molecule has 2 rings (SSSR count). The molecule has 0 spiro atoms. The van der Waals surface area contributed by atoms with Crippen molar-refractivity contribution < 1.29 is 19.1 Å². The Labute approximate surface area is 174 Å². The Morgan fingerprint density at radius 3 is 2.41 bits per heavy atom. The van der Waals surface area contributed by atoms with Crippen LogP contribution in [0.4, 0.5) is 5.69 Å². The summed E-state index contributed by atoms with van der Waals surface area (Å²) in [6, 6.07) is 13.5. The van der Waals surface area contributed by atoms with Gasteiger partial charge in [0.2, 0.25) is 11.8 Å². The maximum atomic E-state index is 12.2. The topological polar surface area (TPSA) is 96.5 Å². The fraction of sp³-hybridized carbons (Fsp3) is 0.286. The molecule has 0 atom stereocenters. The lowest BCUT2D eigenvalue weighted by atomic mass is 10.2. The highest BCUT2D eigenvalue weighted by molar-refractivity contribution is 6.33. The van der Waals surface area contributed by atoms with E-state index in [-0.39, 0.29) is 18.7 Å². The number of nitrogens with one attached hydrogen (secondary N) is 3. The molecule has 0 fully saturated rings. The average molecular weight is 418 g/mol. The molecule has 8 heteroatoms. The van der Waals surface area contributed by atoms with Gasteiger partial charge in [0.25, 0.3) is 5.91 Å². The summed E-state index contributed by atoms with van der Waals surface area (Å²) in [5.41, 5.74) is 5.45. The zero-order valence-corrected chi connectivity index (χ0v) is 17.1. The molecule has 0 saturated heterocycles. The number of carbonyl (C=O) groups is 3. The van der Waals surface area contributed by atoms with Gasteiger partial charge in [-0.05, 0) is 36.2 Å². The third-order valence-electron chi connectivity index (χ3n) is 3.72. The Balaban J connectivity index is 1.75. The molecule has 3 amide bonds.